The van der Waals surface area contributed by atoms with Crippen LogP contribution in [-0.4, -0.2) is 24.4 Å². The first kappa shape index (κ1) is 15.4. The molecule has 1 fully saturated rings. The van der Waals surface area contributed by atoms with Crippen LogP contribution in [0, 0.1) is 0 Å². The molecule has 0 unspecified atom stereocenters. The minimum Gasteiger partial charge on any atom is -0.400 e. The molecule has 13 heavy (non-hydrogen) atoms. The van der Waals surface area contributed by atoms with Crippen LogP contribution in [0.25, 0.3) is 0 Å². The van der Waals surface area contributed by atoms with Gasteiger partial charge < -0.3 is 10.2 Å². The highest BCUT2D eigenvalue weighted by atomic mass is 16.2. The summed E-state index contributed by atoms with van der Waals surface area (Å²) >= 11 is 0. The predicted octanol–water partition coefficient (Wildman–Crippen LogP) is 2.73. The SMILES string of the molecule is C1CCCCCCCC1.CO.CO. The molecule has 2 heteroatoms. The average molecular weight is 190 g/mol. The smallest absolute Gasteiger partial charge is 0.0319 e. The molecule has 0 atom stereocenters. The first-order valence-electron chi connectivity index (χ1n) is 5.39. The van der Waals surface area contributed by atoms with Crippen LogP contribution in [0.15, 0.2) is 0 Å². The van der Waals surface area contributed by atoms with E-state index < -0.39 is 0 Å². The molecule has 0 aromatic rings. The first-order valence-corrected chi connectivity index (χ1v) is 5.39. The Kier molecular flexibility index (Phi) is 21.2. The van der Waals surface area contributed by atoms with E-state index >= 15 is 0 Å². The van der Waals surface area contributed by atoms with Gasteiger partial charge in [-0.05, 0) is 0 Å². The summed E-state index contributed by atoms with van der Waals surface area (Å²) in [5, 5.41) is 14.0. The molecule has 1 rings (SSSR count). The number of hydrogen-bond donors (Lipinski definition) is 2. The minimum atomic E-state index is 1.00. The normalized spacial score (nSPS) is 17.5. The zero-order valence-corrected chi connectivity index (χ0v) is 9.26. The van der Waals surface area contributed by atoms with Gasteiger partial charge in [-0.25, -0.2) is 0 Å². The number of aliphatic hydroxyl groups is 2. The lowest BCUT2D eigenvalue weighted by atomic mass is 10.1. The largest absolute Gasteiger partial charge is 0.400 e. The molecule has 0 aromatic heterocycles. The van der Waals surface area contributed by atoms with Gasteiger partial charge in [-0.3, -0.25) is 0 Å². The molecule has 0 aromatic carbocycles. The second-order valence-electron chi connectivity index (χ2n) is 3.18. The number of aliphatic hydroxyl groups excluding tert-OH is 2. The van der Waals surface area contributed by atoms with Crippen LogP contribution in [0.5, 0.6) is 0 Å². The third kappa shape index (κ3) is 14.7. The van der Waals surface area contributed by atoms with Crippen molar-refractivity contribution in [2.75, 3.05) is 14.2 Å². The summed E-state index contributed by atoms with van der Waals surface area (Å²) in [6.07, 6.45) is 13.5. The lowest BCUT2D eigenvalue weighted by molar-refractivity contribution is 0.399. The van der Waals surface area contributed by atoms with Gasteiger partial charge in [0.05, 0.1) is 0 Å². The first-order chi connectivity index (χ1) is 6.50. The van der Waals surface area contributed by atoms with E-state index in [1.54, 1.807) is 0 Å². The van der Waals surface area contributed by atoms with Crippen LogP contribution < -0.4 is 0 Å². The van der Waals surface area contributed by atoms with Crippen LogP contribution in [-0.2, 0) is 0 Å². The molecule has 0 amide bonds. The van der Waals surface area contributed by atoms with Crippen LogP contribution in [0.3, 0.4) is 0 Å². The molecule has 0 spiro atoms. The van der Waals surface area contributed by atoms with E-state index in [1.165, 1.54) is 57.8 Å². The Morgan fingerprint density at radius 3 is 0.538 bits per heavy atom. The summed E-state index contributed by atoms with van der Waals surface area (Å²) < 4.78 is 0. The van der Waals surface area contributed by atoms with E-state index in [0.29, 0.717) is 0 Å². The highest BCUT2D eigenvalue weighted by Gasteiger charge is 1.95. The Bertz CT molecular complexity index is 36.6. The van der Waals surface area contributed by atoms with Gasteiger partial charge >= 0.3 is 0 Å². The van der Waals surface area contributed by atoms with E-state index in [-0.39, 0.29) is 0 Å². The van der Waals surface area contributed by atoms with Gasteiger partial charge in [0.15, 0.2) is 0 Å². The lowest BCUT2D eigenvalue weighted by Gasteiger charge is -1.93. The lowest BCUT2D eigenvalue weighted by Crippen LogP contribution is -1.73. The fourth-order valence-corrected chi connectivity index (χ4v) is 1.59. The molecule has 1 saturated carbocycles. The highest BCUT2D eigenvalue weighted by Crippen LogP contribution is 2.15. The van der Waals surface area contributed by atoms with Crippen molar-refractivity contribution in [1.82, 2.24) is 0 Å². The Morgan fingerprint density at radius 1 is 0.385 bits per heavy atom. The maximum absolute atomic E-state index is 7.00. The summed E-state index contributed by atoms with van der Waals surface area (Å²) in [4.78, 5) is 0. The Morgan fingerprint density at radius 2 is 0.462 bits per heavy atom. The van der Waals surface area contributed by atoms with E-state index in [4.69, 9.17) is 10.2 Å². The molecule has 1 aliphatic rings. The van der Waals surface area contributed by atoms with Crippen LogP contribution >= 0.6 is 0 Å². The van der Waals surface area contributed by atoms with Gasteiger partial charge in [-0.2, -0.15) is 0 Å². The fraction of sp³-hybridized carbons (Fsp3) is 1.00. The van der Waals surface area contributed by atoms with Crippen LogP contribution in [0.1, 0.15) is 57.8 Å². The highest BCUT2D eigenvalue weighted by molar-refractivity contribution is 4.51. The van der Waals surface area contributed by atoms with Gasteiger partial charge in [-0.15, -0.1) is 0 Å². The van der Waals surface area contributed by atoms with Gasteiger partial charge in [0.2, 0.25) is 0 Å². The summed E-state index contributed by atoms with van der Waals surface area (Å²) in [7, 11) is 2.00. The molecular weight excluding hydrogens is 164 g/mol. The topological polar surface area (TPSA) is 40.5 Å². The molecule has 0 bridgehead atoms. The van der Waals surface area contributed by atoms with Crippen molar-refractivity contribution in [2.45, 2.75) is 57.8 Å². The summed E-state index contributed by atoms with van der Waals surface area (Å²) in [6, 6.07) is 0. The molecular formula is C11H26O2. The van der Waals surface area contributed by atoms with Gasteiger partial charge in [-0.1, -0.05) is 57.8 Å². The Labute approximate surface area is 83.0 Å². The minimum absolute atomic E-state index is 1.00. The molecule has 2 N–H and O–H groups in total. The van der Waals surface area contributed by atoms with E-state index in [2.05, 4.69) is 0 Å². The fourth-order valence-electron chi connectivity index (χ4n) is 1.59. The van der Waals surface area contributed by atoms with Crippen LogP contribution in [0.4, 0.5) is 0 Å². The molecule has 0 heterocycles. The Hall–Kier alpha value is -0.0800. The van der Waals surface area contributed by atoms with Crippen molar-refractivity contribution in [3.63, 3.8) is 0 Å². The van der Waals surface area contributed by atoms with Gasteiger partial charge in [0.25, 0.3) is 0 Å². The van der Waals surface area contributed by atoms with Crippen molar-refractivity contribution in [2.24, 2.45) is 0 Å². The molecule has 0 radical (unpaired) electrons. The molecule has 2 nitrogen and oxygen atoms in total. The van der Waals surface area contributed by atoms with Crippen molar-refractivity contribution >= 4 is 0 Å². The third-order valence-corrected chi connectivity index (χ3v) is 2.25. The van der Waals surface area contributed by atoms with E-state index in [0.717, 1.165) is 14.2 Å². The van der Waals surface area contributed by atoms with Crippen molar-refractivity contribution in [3.05, 3.63) is 0 Å². The zero-order chi connectivity index (χ0) is 10.4. The maximum Gasteiger partial charge on any atom is 0.0319 e. The molecule has 82 valence electrons. The number of hydrogen-bond acceptors (Lipinski definition) is 2. The molecule has 0 saturated heterocycles. The maximum atomic E-state index is 7.00. The third-order valence-electron chi connectivity index (χ3n) is 2.25. The molecule has 1 aliphatic carbocycles. The second kappa shape index (κ2) is 17.9. The van der Waals surface area contributed by atoms with Crippen molar-refractivity contribution in [1.29, 1.82) is 0 Å². The van der Waals surface area contributed by atoms with Crippen LogP contribution in [0.2, 0.25) is 0 Å². The monoisotopic (exact) mass is 190 g/mol. The van der Waals surface area contributed by atoms with E-state index in [9.17, 15) is 0 Å². The second-order valence-corrected chi connectivity index (χ2v) is 3.18. The van der Waals surface area contributed by atoms with Gasteiger partial charge in [0.1, 0.15) is 0 Å². The summed E-state index contributed by atoms with van der Waals surface area (Å²) in [5.74, 6) is 0. The Balaban J connectivity index is 0. The zero-order valence-electron chi connectivity index (χ0n) is 9.26. The summed E-state index contributed by atoms with van der Waals surface area (Å²) in [6.45, 7) is 0. The quantitative estimate of drug-likeness (QED) is 0.616. The van der Waals surface area contributed by atoms with Gasteiger partial charge in [0, 0.05) is 14.2 Å². The molecule has 0 aliphatic heterocycles. The predicted molar refractivity (Wildman–Crippen MR) is 57.8 cm³/mol. The standard InChI is InChI=1S/C9H18.2CH4O/c1-2-4-6-8-9-7-5-3-1;2*1-2/h1-9H2;2*2H,1H3. The van der Waals surface area contributed by atoms with Crippen molar-refractivity contribution in [3.8, 4) is 0 Å². The average Bonchev–Trinajstić information content (AvgIpc) is 2.38. The number of rotatable bonds is 0. The van der Waals surface area contributed by atoms with Crippen molar-refractivity contribution < 1.29 is 10.2 Å². The van der Waals surface area contributed by atoms with E-state index in [1.807, 2.05) is 0 Å². The summed E-state index contributed by atoms with van der Waals surface area (Å²) in [5.41, 5.74) is 0.